The number of nitrogens with one attached hydrogen (secondary N) is 1. The lowest BCUT2D eigenvalue weighted by atomic mass is 9.89. The van der Waals surface area contributed by atoms with Gasteiger partial charge in [-0.25, -0.2) is 23.6 Å². The Balaban J connectivity index is 1.31. The van der Waals surface area contributed by atoms with Gasteiger partial charge >= 0.3 is 30.1 Å². The van der Waals surface area contributed by atoms with E-state index in [1.54, 1.807) is 51.1 Å². The van der Waals surface area contributed by atoms with Crippen molar-refractivity contribution in [1.29, 1.82) is 0 Å². The Kier molecular flexibility index (Phi) is 15.9. The number of amides is 3. The van der Waals surface area contributed by atoms with Gasteiger partial charge < -0.3 is 44.4 Å². The molecule has 2 heterocycles. The smallest absolute Gasteiger partial charge is 0.414 e. The topological polar surface area (TPSA) is 202 Å². The minimum Gasteiger partial charge on any atom is -0.486 e. The monoisotopic (exact) mass is 862 g/mol. The number of piperidine rings is 1. The molecule has 2 aliphatic rings. The molecule has 2 saturated heterocycles. The molecule has 3 amide bonds. The molecule has 3 aromatic carbocycles. The van der Waals surface area contributed by atoms with Crippen molar-refractivity contribution >= 4 is 41.7 Å². The Morgan fingerprint density at radius 2 is 1.52 bits per heavy atom. The largest absolute Gasteiger partial charge is 0.486 e. The number of anilines is 1. The summed E-state index contributed by atoms with van der Waals surface area (Å²) in [4.78, 5) is 80.3. The zero-order valence-electron chi connectivity index (χ0n) is 35.5. The number of hydrogen-bond donors (Lipinski definition) is 2. The van der Waals surface area contributed by atoms with E-state index in [4.69, 9.17) is 34.2 Å². The number of halogens is 1. The number of nitrogens with two attached hydrogens (primary N) is 1. The number of ether oxygens (including phenoxy) is 6. The SMILES string of the molecule is CC(=O)NC[C@H]1CN(c2ccc(OCC3(OC(=O)C(N)(CCCCC(=O)OCc4ccccc4)C(=O)OCc4ccccc4)CCN(C(=O)OC(C)(C)C)CC3)c(F)c2)C(=O)O1. The summed E-state index contributed by atoms with van der Waals surface area (Å²) in [6.07, 6.45) is -1.85. The number of benzene rings is 3. The van der Waals surface area contributed by atoms with Gasteiger partial charge in [-0.15, -0.1) is 0 Å². The standard InChI is InChI=1S/C45H55FN4O12/c1-31(51)48-26-35-27-50(42(56)60-35)34-18-19-37(36(46)25-34)59-30-44(21-23-49(24-22-44)41(55)62-43(2,3)4)61-40(54)45(47,39(53)58-29-33-15-9-6-10-16-33)20-12-11-17-38(52)57-28-32-13-7-5-8-14-32/h5-10,13-16,18-19,25,35H,11-12,17,20-24,26-30,47H2,1-4H3,(H,48,51)/t35-,45?/m0/s1. The lowest BCUT2D eigenvalue weighted by molar-refractivity contribution is -0.182. The first kappa shape index (κ1) is 46.8. The van der Waals surface area contributed by atoms with Crippen LogP contribution in [0, 0.1) is 5.82 Å². The number of unbranched alkanes of at least 4 members (excludes halogenated alkanes) is 1. The van der Waals surface area contributed by atoms with Crippen molar-refractivity contribution in [3.8, 4) is 5.75 Å². The summed E-state index contributed by atoms with van der Waals surface area (Å²) in [5, 5.41) is 2.59. The van der Waals surface area contributed by atoms with E-state index in [9.17, 15) is 28.8 Å². The second-order valence-corrected chi connectivity index (χ2v) is 16.4. The average molecular weight is 863 g/mol. The molecule has 3 aromatic rings. The van der Waals surface area contributed by atoms with Gasteiger partial charge in [-0.3, -0.25) is 14.5 Å². The summed E-state index contributed by atoms with van der Waals surface area (Å²) in [5.74, 6) is -4.02. The fraction of sp³-hybridized carbons (Fsp3) is 0.467. The highest BCUT2D eigenvalue weighted by Crippen LogP contribution is 2.33. The van der Waals surface area contributed by atoms with Crippen molar-refractivity contribution in [2.75, 3.05) is 37.7 Å². The van der Waals surface area contributed by atoms with Crippen LogP contribution in [0.3, 0.4) is 0 Å². The number of carbonyl (C=O) groups is 6. The molecular weight excluding hydrogens is 808 g/mol. The van der Waals surface area contributed by atoms with Crippen LogP contribution in [-0.4, -0.2) is 96.5 Å². The summed E-state index contributed by atoms with van der Waals surface area (Å²) in [6.45, 7) is 6.28. The lowest BCUT2D eigenvalue weighted by Crippen LogP contribution is -2.61. The summed E-state index contributed by atoms with van der Waals surface area (Å²) < 4.78 is 49.6. The van der Waals surface area contributed by atoms with Gasteiger partial charge in [-0.05, 0) is 63.3 Å². The van der Waals surface area contributed by atoms with E-state index in [1.165, 1.54) is 28.9 Å². The predicted molar refractivity (Wildman–Crippen MR) is 222 cm³/mol. The first-order valence-electron chi connectivity index (χ1n) is 20.5. The molecular formula is C45H55FN4O12. The Bertz CT molecular complexity index is 2040. The first-order valence-corrected chi connectivity index (χ1v) is 20.5. The van der Waals surface area contributed by atoms with E-state index in [1.807, 2.05) is 30.3 Å². The number of nitrogens with zero attached hydrogens (tertiary/aromatic N) is 2. The van der Waals surface area contributed by atoms with Gasteiger partial charge in [0.25, 0.3) is 0 Å². The molecule has 0 radical (unpaired) electrons. The van der Waals surface area contributed by atoms with Crippen LogP contribution in [0.15, 0.2) is 78.9 Å². The normalized spacial score (nSPS) is 16.9. The Hall–Kier alpha value is -6.23. The Morgan fingerprint density at radius 3 is 2.11 bits per heavy atom. The van der Waals surface area contributed by atoms with E-state index in [0.29, 0.717) is 5.56 Å². The molecule has 0 aromatic heterocycles. The Morgan fingerprint density at radius 1 is 0.887 bits per heavy atom. The summed E-state index contributed by atoms with van der Waals surface area (Å²) >= 11 is 0. The maximum Gasteiger partial charge on any atom is 0.414 e. The van der Waals surface area contributed by atoms with E-state index >= 15 is 4.39 Å². The van der Waals surface area contributed by atoms with E-state index in [0.717, 1.165) is 11.6 Å². The molecule has 0 spiro atoms. The van der Waals surface area contributed by atoms with Crippen molar-refractivity contribution < 1.29 is 61.6 Å². The van der Waals surface area contributed by atoms with Gasteiger partial charge in [0.15, 0.2) is 11.6 Å². The molecule has 3 N–H and O–H groups in total. The van der Waals surface area contributed by atoms with Crippen molar-refractivity contribution in [3.63, 3.8) is 0 Å². The zero-order valence-corrected chi connectivity index (χ0v) is 35.5. The van der Waals surface area contributed by atoms with Gasteiger partial charge in [-0.1, -0.05) is 60.7 Å². The van der Waals surface area contributed by atoms with Crippen LogP contribution in [0.25, 0.3) is 0 Å². The zero-order chi connectivity index (χ0) is 44.9. The summed E-state index contributed by atoms with van der Waals surface area (Å²) in [7, 11) is 0. The fourth-order valence-corrected chi connectivity index (χ4v) is 6.69. The molecule has 0 aliphatic carbocycles. The van der Waals surface area contributed by atoms with E-state index in [-0.39, 0.29) is 95.3 Å². The Labute approximate surface area is 360 Å². The molecule has 2 fully saturated rings. The van der Waals surface area contributed by atoms with Crippen molar-refractivity contribution in [2.45, 2.75) is 102 Å². The van der Waals surface area contributed by atoms with Crippen LogP contribution in [0.1, 0.15) is 77.3 Å². The van der Waals surface area contributed by atoms with E-state index < -0.39 is 65.4 Å². The highest BCUT2D eigenvalue weighted by atomic mass is 19.1. The minimum atomic E-state index is -2.34. The number of hydrogen-bond acceptors (Lipinski definition) is 13. The molecule has 1 unspecified atom stereocenters. The molecule has 62 heavy (non-hydrogen) atoms. The molecule has 334 valence electrons. The quantitative estimate of drug-likeness (QED) is 0.0681. The third-order valence-corrected chi connectivity index (χ3v) is 10.2. The molecule has 5 rings (SSSR count). The van der Waals surface area contributed by atoms with Crippen LogP contribution < -0.4 is 20.7 Å². The van der Waals surface area contributed by atoms with Crippen LogP contribution in [0.4, 0.5) is 19.7 Å². The van der Waals surface area contributed by atoms with Gasteiger partial charge in [0.05, 0.1) is 18.8 Å². The van der Waals surface area contributed by atoms with Gasteiger partial charge in [0, 0.05) is 45.3 Å². The average Bonchev–Trinajstić information content (AvgIpc) is 3.62. The van der Waals surface area contributed by atoms with Gasteiger partial charge in [0.1, 0.15) is 37.1 Å². The second kappa shape index (κ2) is 21.0. The van der Waals surface area contributed by atoms with Crippen LogP contribution in [0.5, 0.6) is 5.75 Å². The van der Waals surface area contributed by atoms with Gasteiger partial charge in [-0.2, -0.15) is 0 Å². The van der Waals surface area contributed by atoms with Crippen molar-refractivity contribution in [3.05, 3.63) is 95.8 Å². The maximum atomic E-state index is 15.7. The minimum absolute atomic E-state index is 0.00372. The number of carbonyl (C=O) groups excluding carboxylic acids is 6. The molecule has 0 bridgehead atoms. The van der Waals surface area contributed by atoms with Crippen LogP contribution >= 0.6 is 0 Å². The molecule has 0 saturated carbocycles. The molecule has 16 nitrogen and oxygen atoms in total. The highest BCUT2D eigenvalue weighted by molar-refractivity contribution is 6.04. The number of cyclic esters (lactones) is 1. The van der Waals surface area contributed by atoms with E-state index in [2.05, 4.69) is 5.32 Å². The van der Waals surface area contributed by atoms with Crippen molar-refractivity contribution in [2.24, 2.45) is 5.73 Å². The van der Waals surface area contributed by atoms with Gasteiger partial charge in [0.2, 0.25) is 11.4 Å². The fourth-order valence-electron chi connectivity index (χ4n) is 6.69. The molecule has 2 aliphatic heterocycles. The molecule has 17 heteroatoms. The predicted octanol–water partition coefficient (Wildman–Crippen LogP) is 5.72. The second-order valence-electron chi connectivity index (χ2n) is 16.4. The van der Waals surface area contributed by atoms with Crippen LogP contribution in [-0.2, 0) is 56.1 Å². The number of likely N-dealkylation sites (tertiary alicyclic amines) is 1. The highest BCUT2D eigenvalue weighted by Gasteiger charge is 2.50. The third kappa shape index (κ3) is 13.4. The third-order valence-electron chi connectivity index (χ3n) is 10.2. The number of esters is 3. The molecule has 2 atom stereocenters. The van der Waals surface area contributed by atoms with Crippen LogP contribution in [0.2, 0.25) is 0 Å². The number of rotatable bonds is 18. The lowest BCUT2D eigenvalue weighted by Gasteiger charge is -2.42. The summed E-state index contributed by atoms with van der Waals surface area (Å²) in [6, 6.07) is 21.8. The summed E-state index contributed by atoms with van der Waals surface area (Å²) in [5.41, 5.74) is 3.68. The first-order chi connectivity index (χ1) is 29.4. The van der Waals surface area contributed by atoms with Crippen molar-refractivity contribution in [1.82, 2.24) is 10.2 Å². The maximum absolute atomic E-state index is 15.7.